The van der Waals surface area contributed by atoms with E-state index in [-0.39, 0.29) is 5.69 Å². The van der Waals surface area contributed by atoms with Crippen molar-refractivity contribution in [1.82, 2.24) is 14.6 Å². The van der Waals surface area contributed by atoms with Crippen molar-refractivity contribution in [3.63, 3.8) is 0 Å². The summed E-state index contributed by atoms with van der Waals surface area (Å²) < 4.78 is 1.46. The number of carboxylic acid groups (broad SMARTS) is 1. The van der Waals surface area contributed by atoms with Gasteiger partial charge < -0.3 is 10.8 Å². The van der Waals surface area contributed by atoms with E-state index < -0.39 is 5.97 Å². The molecule has 0 unspecified atom stereocenters. The summed E-state index contributed by atoms with van der Waals surface area (Å²) in [6.07, 6.45) is 2.92. The van der Waals surface area contributed by atoms with Crippen LogP contribution in [0.2, 0.25) is 0 Å². The molecule has 4 N–H and O–H groups in total. The third kappa shape index (κ3) is 0.746. The maximum Gasteiger partial charge on any atom is 0.356 e. The first-order valence-electron chi connectivity index (χ1n) is 3.24. The number of aromatic nitrogens is 3. The Morgan fingerprint density at radius 3 is 3.08 bits per heavy atom. The number of H-pyrrole nitrogens is 1. The lowest BCUT2D eigenvalue weighted by molar-refractivity contribution is 0.0691. The van der Waals surface area contributed by atoms with Gasteiger partial charge in [-0.15, -0.1) is 0 Å². The van der Waals surface area contributed by atoms with Gasteiger partial charge in [-0.1, -0.05) is 0 Å². The highest BCUT2D eigenvalue weighted by Gasteiger charge is 2.10. The number of nitrogens with zero attached hydrogens (tertiary/aromatic N) is 2. The van der Waals surface area contributed by atoms with Gasteiger partial charge in [-0.25, -0.2) is 14.3 Å². The molecule has 0 spiro atoms. The minimum absolute atomic E-state index is 0.0199. The summed E-state index contributed by atoms with van der Waals surface area (Å²) in [4.78, 5) is 14.2. The molecule has 2 rings (SSSR count). The molecule has 0 amide bonds. The Hall–Kier alpha value is -1.98. The monoisotopic (exact) mass is 166 g/mol. The standard InChI is InChI=1S/C6H6N4O2/c7-3-1-8-10-2-4(6(11)12)9-5(3)10/h1-2,8H,7H2,(H,11,12). The Balaban J connectivity index is 2.70. The van der Waals surface area contributed by atoms with Gasteiger partial charge in [0.1, 0.15) is 0 Å². The molecule has 2 aromatic heterocycles. The van der Waals surface area contributed by atoms with Crippen molar-refractivity contribution in [3.8, 4) is 0 Å². The molecule has 6 nitrogen and oxygen atoms in total. The molecule has 0 saturated heterocycles. The summed E-state index contributed by atoms with van der Waals surface area (Å²) in [7, 11) is 0. The van der Waals surface area contributed by atoms with E-state index in [9.17, 15) is 4.79 Å². The van der Waals surface area contributed by atoms with E-state index in [1.165, 1.54) is 10.7 Å². The second-order valence-corrected chi connectivity index (χ2v) is 2.35. The summed E-state index contributed by atoms with van der Waals surface area (Å²) in [6.45, 7) is 0. The molecule has 0 aromatic carbocycles. The first-order valence-corrected chi connectivity index (χ1v) is 3.24. The van der Waals surface area contributed by atoms with Crippen LogP contribution in [0.5, 0.6) is 0 Å². The Morgan fingerprint density at radius 2 is 2.50 bits per heavy atom. The quantitative estimate of drug-likeness (QED) is 0.553. The lowest BCUT2D eigenvalue weighted by Gasteiger charge is -1.80. The molecule has 62 valence electrons. The van der Waals surface area contributed by atoms with Crippen molar-refractivity contribution in [3.05, 3.63) is 18.1 Å². The number of nitrogen functional groups attached to an aromatic ring is 1. The fraction of sp³-hybridized carbons (Fsp3) is 0. The third-order valence-corrected chi connectivity index (χ3v) is 1.54. The van der Waals surface area contributed by atoms with E-state index in [4.69, 9.17) is 10.8 Å². The minimum atomic E-state index is -1.06. The predicted molar refractivity (Wildman–Crippen MR) is 40.9 cm³/mol. The van der Waals surface area contributed by atoms with Gasteiger partial charge >= 0.3 is 5.97 Å². The first kappa shape index (κ1) is 6.71. The average Bonchev–Trinajstić information content (AvgIpc) is 2.53. The van der Waals surface area contributed by atoms with Gasteiger partial charge in [0, 0.05) is 6.20 Å². The number of aromatic carboxylic acids is 1. The molecule has 0 atom stereocenters. The normalized spacial score (nSPS) is 10.7. The number of hydrogen-bond acceptors (Lipinski definition) is 3. The van der Waals surface area contributed by atoms with E-state index in [1.807, 2.05) is 0 Å². The summed E-state index contributed by atoms with van der Waals surface area (Å²) in [6, 6.07) is 0. The maximum atomic E-state index is 10.4. The van der Waals surface area contributed by atoms with Gasteiger partial charge in [0.05, 0.1) is 11.9 Å². The zero-order valence-corrected chi connectivity index (χ0v) is 5.98. The van der Waals surface area contributed by atoms with Gasteiger partial charge in [-0.3, -0.25) is 5.10 Å². The van der Waals surface area contributed by atoms with Gasteiger partial charge in [0.2, 0.25) is 0 Å². The van der Waals surface area contributed by atoms with Crippen LogP contribution in [-0.4, -0.2) is 25.7 Å². The number of nitrogens with one attached hydrogen (secondary N) is 1. The van der Waals surface area contributed by atoms with Crippen LogP contribution in [0.1, 0.15) is 10.5 Å². The second-order valence-electron chi connectivity index (χ2n) is 2.35. The van der Waals surface area contributed by atoms with Crippen LogP contribution in [0.3, 0.4) is 0 Å². The van der Waals surface area contributed by atoms with Crippen molar-refractivity contribution in [2.45, 2.75) is 0 Å². The number of nitrogens with two attached hydrogens (primary N) is 1. The Morgan fingerprint density at radius 1 is 1.75 bits per heavy atom. The Kier molecular flexibility index (Phi) is 1.12. The number of fused-ring (bicyclic) bond motifs is 1. The molecule has 2 aromatic rings. The lowest BCUT2D eigenvalue weighted by atomic mass is 10.5. The molecular formula is C6H6N4O2. The number of carboxylic acids is 1. The number of carbonyl (C=O) groups is 1. The van der Waals surface area contributed by atoms with Gasteiger partial charge in [-0.2, -0.15) is 0 Å². The molecule has 0 fully saturated rings. The van der Waals surface area contributed by atoms with Crippen LogP contribution in [-0.2, 0) is 0 Å². The van der Waals surface area contributed by atoms with E-state index in [1.54, 1.807) is 6.20 Å². The van der Waals surface area contributed by atoms with E-state index in [0.717, 1.165) is 0 Å². The minimum Gasteiger partial charge on any atom is -0.476 e. The van der Waals surface area contributed by atoms with Crippen molar-refractivity contribution in [2.24, 2.45) is 0 Å². The Bertz CT molecular complexity index is 441. The summed E-state index contributed by atoms with van der Waals surface area (Å²) >= 11 is 0. The van der Waals surface area contributed by atoms with Gasteiger partial charge in [0.25, 0.3) is 0 Å². The summed E-state index contributed by atoms with van der Waals surface area (Å²) in [5.41, 5.74) is 6.33. The molecule has 6 heteroatoms. The number of anilines is 1. The fourth-order valence-corrected chi connectivity index (χ4v) is 0.989. The highest BCUT2D eigenvalue weighted by atomic mass is 16.4. The van der Waals surface area contributed by atoms with Crippen molar-refractivity contribution >= 4 is 17.3 Å². The lowest BCUT2D eigenvalue weighted by Crippen LogP contribution is -1.95. The molecule has 0 aliphatic rings. The smallest absolute Gasteiger partial charge is 0.356 e. The molecule has 0 radical (unpaired) electrons. The van der Waals surface area contributed by atoms with E-state index in [0.29, 0.717) is 11.3 Å². The van der Waals surface area contributed by atoms with Gasteiger partial charge in [-0.05, 0) is 0 Å². The average molecular weight is 166 g/mol. The molecular weight excluding hydrogens is 160 g/mol. The van der Waals surface area contributed by atoms with Crippen LogP contribution in [0.25, 0.3) is 5.65 Å². The maximum absolute atomic E-state index is 10.4. The predicted octanol–water partition coefficient (Wildman–Crippen LogP) is -0.0572. The zero-order valence-electron chi connectivity index (χ0n) is 5.98. The molecule has 2 heterocycles. The number of imidazole rings is 1. The second kappa shape index (κ2) is 2.00. The van der Waals surface area contributed by atoms with Crippen molar-refractivity contribution < 1.29 is 9.90 Å². The van der Waals surface area contributed by atoms with Crippen LogP contribution >= 0.6 is 0 Å². The SMILES string of the molecule is Nc1c[nH]n2cc(C(=O)O)nc12. The molecule has 0 saturated carbocycles. The number of rotatable bonds is 1. The van der Waals surface area contributed by atoms with Crippen LogP contribution in [0, 0.1) is 0 Å². The molecule has 0 bridgehead atoms. The number of hydrogen-bond donors (Lipinski definition) is 3. The topological polar surface area (TPSA) is 96.4 Å². The van der Waals surface area contributed by atoms with Crippen LogP contribution < -0.4 is 5.73 Å². The van der Waals surface area contributed by atoms with Crippen LogP contribution in [0.4, 0.5) is 5.69 Å². The first-order chi connectivity index (χ1) is 5.68. The summed E-state index contributed by atoms with van der Waals surface area (Å²) in [5.74, 6) is -1.06. The highest BCUT2D eigenvalue weighted by Crippen LogP contribution is 2.11. The largest absolute Gasteiger partial charge is 0.476 e. The molecule has 0 aliphatic carbocycles. The highest BCUT2D eigenvalue weighted by molar-refractivity contribution is 5.86. The van der Waals surface area contributed by atoms with Crippen molar-refractivity contribution in [2.75, 3.05) is 5.73 Å². The van der Waals surface area contributed by atoms with Crippen molar-refractivity contribution in [1.29, 1.82) is 0 Å². The van der Waals surface area contributed by atoms with Gasteiger partial charge in [0.15, 0.2) is 11.3 Å². The fourth-order valence-electron chi connectivity index (χ4n) is 0.989. The zero-order chi connectivity index (χ0) is 8.72. The van der Waals surface area contributed by atoms with E-state index >= 15 is 0 Å². The molecule has 0 aliphatic heterocycles. The Labute approximate surface area is 66.6 Å². The van der Waals surface area contributed by atoms with Crippen LogP contribution in [0.15, 0.2) is 12.4 Å². The van der Waals surface area contributed by atoms with E-state index in [2.05, 4.69) is 10.1 Å². The number of aromatic amines is 1. The third-order valence-electron chi connectivity index (χ3n) is 1.54. The summed E-state index contributed by atoms with van der Waals surface area (Å²) in [5, 5.41) is 11.3. The molecule has 12 heavy (non-hydrogen) atoms.